The van der Waals surface area contributed by atoms with Gasteiger partial charge in [-0.2, -0.15) is 13.2 Å². The zero-order valence-corrected chi connectivity index (χ0v) is 24.6. The lowest BCUT2D eigenvalue weighted by Gasteiger charge is -2.50. The first kappa shape index (κ1) is 30.0. The van der Waals surface area contributed by atoms with Crippen molar-refractivity contribution in [1.82, 2.24) is 14.8 Å². The Kier molecular flexibility index (Phi) is 7.42. The molecule has 0 bridgehead atoms. The standard InChI is InChI=1S/C31H34F4N6O3/c1-4-25(42)40-11-9-30(40)8-10-38(18-30)12-13-39-17-20-15-26(43)41(24-16-21(31(33,34)35)14-19(2)36-24)27(20)29(44)37(3)23-7-5-6-22(32)28(23)39/h4-7,14,16,20,27H,1,8-13,15,17-18H2,2-3H3/t20-,27+,30-/m1/s1. The van der Waals surface area contributed by atoms with Crippen LogP contribution in [0.25, 0.3) is 0 Å². The van der Waals surface area contributed by atoms with E-state index in [9.17, 15) is 27.6 Å². The van der Waals surface area contributed by atoms with Crippen molar-refractivity contribution in [3.8, 4) is 0 Å². The summed E-state index contributed by atoms with van der Waals surface area (Å²) in [5.41, 5.74) is -0.575. The lowest BCUT2D eigenvalue weighted by Crippen LogP contribution is -2.63. The number of aryl methyl sites for hydroxylation is 1. The molecule has 6 rings (SSSR count). The highest BCUT2D eigenvalue weighted by atomic mass is 19.4. The van der Waals surface area contributed by atoms with Crippen LogP contribution in [-0.4, -0.2) is 90.4 Å². The molecule has 0 aliphatic carbocycles. The second-order valence-corrected chi connectivity index (χ2v) is 12.2. The van der Waals surface area contributed by atoms with Gasteiger partial charge in [-0.1, -0.05) is 12.6 Å². The Labute approximate surface area is 252 Å². The zero-order valence-electron chi connectivity index (χ0n) is 24.6. The molecule has 9 nitrogen and oxygen atoms in total. The summed E-state index contributed by atoms with van der Waals surface area (Å²) in [5, 5.41) is 0. The van der Waals surface area contributed by atoms with Gasteiger partial charge in [0.05, 0.1) is 22.5 Å². The van der Waals surface area contributed by atoms with Crippen LogP contribution >= 0.6 is 0 Å². The van der Waals surface area contributed by atoms with Crippen molar-refractivity contribution in [3.63, 3.8) is 0 Å². The highest BCUT2D eigenvalue weighted by molar-refractivity contribution is 6.10. The number of halogens is 4. The normalized spacial score (nSPS) is 25.6. The highest BCUT2D eigenvalue weighted by Gasteiger charge is 2.52. The van der Waals surface area contributed by atoms with Gasteiger partial charge in [0.2, 0.25) is 17.7 Å². The third kappa shape index (κ3) is 5.00. The second-order valence-electron chi connectivity index (χ2n) is 12.2. The van der Waals surface area contributed by atoms with Crippen LogP contribution in [0.4, 0.5) is 34.8 Å². The molecular formula is C31H34F4N6O3. The van der Waals surface area contributed by atoms with Crippen molar-refractivity contribution in [2.75, 3.05) is 61.0 Å². The van der Waals surface area contributed by atoms with Crippen molar-refractivity contribution in [2.45, 2.75) is 43.9 Å². The monoisotopic (exact) mass is 614 g/mol. The number of pyridine rings is 1. The molecular weight excluding hydrogens is 580 g/mol. The third-order valence-corrected chi connectivity index (χ3v) is 9.54. The lowest BCUT2D eigenvalue weighted by molar-refractivity contribution is -0.141. The number of fused-ring (bicyclic) bond motifs is 2. The van der Waals surface area contributed by atoms with Gasteiger partial charge in [0.25, 0.3) is 0 Å². The van der Waals surface area contributed by atoms with Gasteiger partial charge in [-0.05, 0) is 50.1 Å². The maximum Gasteiger partial charge on any atom is 0.416 e. The molecule has 1 aromatic heterocycles. The molecule has 2 aromatic rings. The Hall–Kier alpha value is -4.00. The molecule has 5 heterocycles. The second kappa shape index (κ2) is 10.9. The summed E-state index contributed by atoms with van der Waals surface area (Å²) in [4.78, 5) is 52.2. The molecule has 4 aliphatic heterocycles. The maximum atomic E-state index is 15.5. The molecule has 4 aliphatic rings. The number of hydrogen-bond donors (Lipinski definition) is 0. The first-order chi connectivity index (χ1) is 20.8. The van der Waals surface area contributed by atoms with Gasteiger partial charge in [0.1, 0.15) is 17.7 Å². The Bertz CT molecular complexity index is 1530. The first-order valence-electron chi connectivity index (χ1n) is 14.7. The fourth-order valence-corrected chi connectivity index (χ4v) is 7.28. The van der Waals surface area contributed by atoms with Crippen LogP contribution in [0, 0.1) is 18.7 Å². The van der Waals surface area contributed by atoms with Crippen molar-refractivity contribution in [3.05, 3.63) is 60.1 Å². The van der Waals surface area contributed by atoms with Crippen LogP contribution < -0.4 is 14.7 Å². The summed E-state index contributed by atoms with van der Waals surface area (Å²) in [6.07, 6.45) is -1.70. The average molecular weight is 615 g/mol. The SMILES string of the molecule is C=CC(=O)N1CC[C@@]12CCN(CCN1C[C@H]3CC(=O)N(c4cc(C(F)(F)F)cc(C)n4)[C@@H]3C(=O)N(C)c3cccc(F)c31)C2. The number of rotatable bonds is 5. The predicted octanol–water partition coefficient (Wildman–Crippen LogP) is 3.62. The minimum atomic E-state index is -4.66. The number of hydrogen-bond acceptors (Lipinski definition) is 6. The van der Waals surface area contributed by atoms with Crippen molar-refractivity contribution < 1.29 is 31.9 Å². The van der Waals surface area contributed by atoms with Crippen LogP contribution in [0.2, 0.25) is 0 Å². The molecule has 0 saturated carbocycles. The van der Waals surface area contributed by atoms with E-state index in [0.717, 1.165) is 36.4 Å². The van der Waals surface area contributed by atoms with Crippen LogP contribution in [0.5, 0.6) is 0 Å². The van der Waals surface area contributed by atoms with Crippen LogP contribution in [0.3, 0.4) is 0 Å². The smallest absolute Gasteiger partial charge is 0.366 e. The van der Waals surface area contributed by atoms with E-state index < -0.39 is 41.3 Å². The molecule has 44 heavy (non-hydrogen) atoms. The molecule has 3 saturated heterocycles. The summed E-state index contributed by atoms with van der Waals surface area (Å²) in [6.45, 7) is 8.21. The number of likely N-dealkylation sites (N-methyl/N-ethyl adjacent to an activating group) is 1. The number of alkyl halides is 3. The molecule has 0 unspecified atom stereocenters. The van der Waals surface area contributed by atoms with Gasteiger partial charge in [0.15, 0.2) is 0 Å². The molecule has 1 aromatic carbocycles. The van der Waals surface area contributed by atoms with Crippen molar-refractivity contribution in [1.29, 1.82) is 0 Å². The quantitative estimate of drug-likeness (QED) is 0.378. The molecule has 3 amide bonds. The number of nitrogens with zero attached hydrogens (tertiary/aromatic N) is 6. The van der Waals surface area contributed by atoms with Gasteiger partial charge in [0, 0.05) is 64.3 Å². The van der Waals surface area contributed by atoms with Crippen molar-refractivity contribution in [2.24, 2.45) is 5.92 Å². The number of aromatic nitrogens is 1. The Balaban J connectivity index is 1.30. The predicted molar refractivity (Wildman–Crippen MR) is 156 cm³/mol. The van der Waals surface area contributed by atoms with Crippen LogP contribution in [-0.2, 0) is 20.6 Å². The van der Waals surface area contributed by atoms with Gasteiger partial charge in [-0.25, -0.2) is 9.37 Å². The van der Waals surface area contributed by atoms with E-state index >= 15 is 4.39 Å². The summed E-state index contributed by atoms with van der Waals surface area (Å²) in [5.74, 6) is -2.50. The first-order valence-corrected chi connectivity index (χ1v) is 14.7. The lowest BCUT2D eigenvalue weighted by atomic mass is 9.83. The van der Waals surface area contributed by atoms with E-state index in [1.807, 2.05) is 9.80 Å². The van der Waals surface area contributed by atoms with Gasteiger partial charge >= 0.3 is 6.18 Å². The molecule has 0 N–H and O–H groups in total. The highest BCUT2D eigenvalue weighted by Crippen LogP contribution is 2.42. The Morgan fingerprint density at radius 2 is 1.91 bits per heavy atom. The van der Waals surface area contributed by atoms with E-state index in [2.05, 4.69) is 16.5 Å². The topological polar surface area (TPSA) is 80.3 Å². The fourth-order valence-electron chi connectivity index (χ4n) is 7.28. The maximum absolute atomic E-state index is 15.5. The Morgan fingerprint density at radius 1 is 1.16 bits per heavy atom. The number of anilines is 3. The van der Waals surface area contributed by atoms with Crippen LogP contribution in [0.15, 0.2) is 43.0 Å². The minimum absolute atomic E-state index is 0.0648. The third-order valence-electron chi connectivity index (χ3n) is 9.54. The Morgan fingerprint density at radius 3 is 2.59 bits per heavy atom. The summed E-state index contributed by atoms with van der Waals surface area (Å²) in [6, 6.07) is 5.02. The molecule has 13 heteroatoms. The summed E-state index contributed by atoms with van der Waals surface area (Å²) in [7, 11) is 1.49. The molecule has 3 fully saturated rings. The number of carbonyl (C=O) groups is 3. The summed E-state index contributed by atoms with van der Waals surface area (Å²) < 4.78 is 56.5. The van der Waals surface area contributed by atoms with Gasteiger partial charge in [-0.3, -0.25) is 24.2 Å². The van der Waals surface area contributed by atoms with Crippen molar-refractivity contribution >= 4 is 34.9 Å². The molecule has 234 valence electrons. The van der Waals surface area contributed by atoms with E-state index in [0.29, 0.717) is 31.9 Å². The summed E-state index contributed by atoms with van der Waals surface area (Å²) >= 11 is 0. The number of benzene rings is 1. The van der Waals surface area contributed by atoms with Crippen LogP contribution in [0.1, 0.15) is 30.5 Å². The van der Waals surface area contributed by atoms with Gasteiger partial charge in [-0.15, -0.1) is 0 Å². The number of para-hydroxylation sites is 1. The largest absolute Gasteiger partial charge is 0.416 e. The molecule has 0 radical (unpaired) electrons. The van der Waals surface area contributed by atoms with E-state index in [-0.39, 0.29) is 41.6 Å². The minimum Gasteiger partial charge on any atom is -0.366 e. The zero-order chi connectivity index (χ0) is 31.6. The number of carbonyl (C=O) groups excluding carboxylic acids is 3. The van der Waals surface area contributed by atoms with E-state index in [1.54, 1.807) is 6.07 Å². The molecule has 3 atom stereocenters. The average Bonchev–Trinajstić information content (AvgIpc) is 3.55. The fraction of sp³-hybridized carbons (Fsp3) is 0.484. The van der Waals surface area contributed by atoms with E-state index in [4.69, 9.17) is 0 Å². The van der Waals surface area contributed by atoms with Gasteiger partial charge < -0.3 is 14.7 Å². The number of amides is 3. The number of likely N-dealkylation sites (tertiary alicyclic amines) is 2. The van der Waals surface area contributed by atoms with E-state index in [1.165, 1.54) is 37.1 Å². The molecule has 1 spiro atoms.